The van der Waals surface area contributed by atoms with E-state index in [4.69, 9.17) is 18.5 Å². The second-order valence-electron chi connectivity index (χ2n) is 30.2. The Balaban J connectivity index is 3.84. The number of hydrogen-bond donors (Lipinski definition) is 0. The molecule has 10 heteroatoms. The fourth-order valence-corrected chi connectivity index (χ4v) is 13.9. The molecule has 2 atom stereocenters. The number of hydrogen-bond acceptors (Lipinski definition) is 8. The Bertz CT molecular complexity index is 1570. The summed E-state index contributed by atoms with van der Waals surface area (Å²) >= 11 is 0. The molecule has 0 amide bonds. The van der Waals surface area contributed by atoms with Crippen LogP contribution in [-0.4, -0.2) is 70.0 Å². The van der Waals surface area contributed by atoms with Crippen molar-refractivity contribution >= 4 is 19.8 Å². The van der Waals surface area contributed by atoms with Crippen molar-refractivity contribution in [1.82, 2.24) is 0 Å². The molecule has 0 saturated heterocycles. The van der Waals surface area contributed by atoms with Crippen LogP contribution in [0, 0.1) is 0 Å². The summed E-state index contributed by atoms with van der Waals surface area (Å²) in [5.41, 5.74) is 0. The van der Waals surface area contributed by atoms with E-state index < -0.39 is 26.5 Å². The molecule has 0 radical (unpaired) electrons. The molecule has 0 aromatic heterocycles. The first-order chi connectivity index (χ1) is 45.5. The van der Waals surface area contributed by atoms with Gasteiger partial charge in [0, 0.05) is 12.8 Å². The summed E-state index contributed by atoms with van der Waals surface area (Å²) < 4.78 is 34.4. The maximum Gasteiger partial charge on any atom is 0.306 e. The van der Waals surface area contributed by atoms with E-state index in [1.54, 1.807) is 0 Å². The molecule has 0 heterocycles. The molecule has 2 unspecified atom stereocenters. The molecule has 9 nitrogen and oxygen atoms in total. The Hall–Kier alpha value is -1.25. The van der Waals surface area contributed by atoms with Crippen LogP contribution in [0.25, 0.3) is 0 Å². The van der Waals surface area contributed by atoms with E-state index in [9.17, 15) is 19.0 Å². The number of likely N-dealkylation sites (N-methyl/N-ethyl adjacent to an activating group) is 1. The fourth-order valence-electron chi connectivity index (χ4n) is 13.1. The minimum Gasteiger partial charge on any atom is -0.756 e. The lowest BCUT2D eigenvalue weighted by molar-refractivity contribution is -0.870. The smallest absolute Gasteiger partial charge is 0.306 e. The van der Waals surface area contributed by atoms with E-state index in [1.165, 1.54) is 392 Å². The first-order valence-electron chi connectivity index (χ1n) is 41.9. The summed E-state index contributed by atoms with van der Waals surface area (Å²) in [5, 5.41) is 0. The largest absolute Gasteiger partial charge is 0.756 e. The lowest BCUT2D eigenvalue weighted by atomic mass is 10.0. The molecule has 0 N–H and O–H groups in total. The topological polar surface area (TPSA) is 111 Å². The van der Waals surface area contributed by atoms with Crippen molar-refractivity contribution in [2.45, 2.75) is 463 Å². The summed E-state index contributed by atoms with van der Waals surface area (Å²) in [4.78, 5) is 38.2. The second kappa shape index (κ2) is 75.0. The zero-order valence-corrected chi connectivity index (χ0v) is 64.4. The summed E-state index contributed by atoms with van der Waals surface area (Å²) in [5.74, 6) is -0.801. The minimum absolute atomic E-state index is 0.0252. The molecular weight excluding hydrogens is 1170 g/mol. The number of rotatable bonds is 80. The molecule has 0 saturated carbocycles. The highest BCUT2D eigenvalue weighted by molar-refractivity contribution is 7.45. The maximum atomic E-state index is 12.9. The van der Waals surface area contributed by atoms with Crippen LogP contribution in [-0.2, 0) is 32.7 Å². The monoisotopic (exact) mass is 1330 g/mol. The van der Waals surface area contributed by atoms with Gasteiger partial charge in [0.15, 0.2) is 6.10 Å². The van der Waals surface area contributed by atoms with Crippen molar-refractivity contribution in [2.24, 2.45) is 0 Å². The van der Waals surface area contributed by atoms with Gasteiger partial charge in [0.1, 0.15) is 19.8 Å². The fraction of sp³-hybridized carbons (Fsp3) is 0.952. The predicted octanol–water partition coefficient (Wildman–Crippen LogP) is 27.2. The van der Waals surface area contributed by atoms with Gasteiger partial charge in [-0.1, -0.05) is 418 Å². The quantitative estimate of drug-likeness (QED) is 0.0195. The number of allylic oxidation sites excluding steroid dienone is 2. The molecule has 0 rings (SSSR count). The van der Waals surface area contributed by atoms with Crippen LogP contribution in [0.15, 0.2) is 12.2 Å². The van der Waals surface area contributed by atoms with Gasteiger partial charge in [-0.2, -0.15) is 0 Å². The van der Waals surface area contributed by atoms with Crippen molar-refractivity contribution in [3.63, 3.8) is 0 Å². The van der Waals surface area contributed by atoms with Crippen LogP contribution < -0.4 is 4.89 Å². The molecule has 0 aliphatic heterocycles. The number of quaternary nitrogens is 1. The number of carbonyl (C=O) groups is 2. The molecule has 93 heavy (non-hydrogen) atoms. The highest BCUT2D eigenvalue weighted by Gasteiger charge is 2.22. The molecule has 0 bridgehead atoms. The highest BCUT2D eigenvalue weighted by Crippen LogP contribution is 2.38. The zero-order valence-electron chi connectivity index (χ0n) is 63.5. The van der Waals surface area contributed by atoms with Gasteiger partial charge in [0.25, 0.3) is 7.82 Å². The summed E-state index contributed by atoms with van der Waals surface area (Å²) in [6, 6.07) is 0. The Labute approximate surface area is 581 Å². The van der Waals surface area contributed by atoms with Crippen molar-refractivity contribution in [3.8, 4) is 0 Å². The van der Waals surface area contributed by atoms with Crippen molar-refractivity contribution in [3.05, 3.63) is 12.2 Å². The lowest BCUT2D eigenvalue weighted by Gasteiger charge is -2.28. The van der Waals surface area contributed by atoms with E-state index in [-0.39, 0.29) is 32.0 Å². The van der Waals surface area contributed by atoms with Gasteiger partial charge in [-0.3, -0.25) is 14.2 Å². The molecular formula is C83H164NO8P. The lowest BCUT2D eigenvalue weighted by Crippen LogP contribution is -2.37. The molecule has 0 aliphatic carbocycles. The van der Waals surface area contributed by atoms with Crippen LogP contribution in [0.4, 0.5) is 0 Å². The number of ether oxygens (including phenoxy) is 2. The number of esters is 2. The SMILES string of the molecule is CCCCCCCCCC/C=C\CCCCCCCCCCCCCCCCCCCCCCCCCCCCCCCC(=O)OC(COC(=O)CCCCCCCCCCCCCCCCCCCCCCCCCCCCCC)COP(=O)([O-])OCC[N+](C)(C)C. The molecule has 0 aromatic rings. The minimum atomic E-state index is -4.64. The standard InChI is InChI=1S/C83H164NO8P/c1-6-8-10-12-14-16-18-20-22-24-26-28-30-32-34-36-37-38-39-40-41-42-43-44-45-46-47-48-50-52-54-56-58-60-62-64-66-68-70-72-74-76-83(86)92-81(80-91-93(87,88)90-78-77-84(3,4)5)79-89-82(85)75-73-71-69-67-65-63-61-59-57-55-53-51-49-35-33-31-29-27-25-23-21-19-17-15-13-11-9-7-2/h24,26,81H,6-23,25,27-80H2,1-5H3/b26-24-. The predicted molar refractivity (Wildman–Crippen MR) is 402 cm³/mol. The summed E-state index contributed by atoms with van der Waals surface area (Å²) in [6.07, 6.45) is 95.1. The van der Waals surface area contributed by atoms with Gasteiger partial charge in [0.05, 0.1) is 27.7 Å². The maximum absolute atomic E-state index is 12.9. The van der Waals surface area contributed by atoms with Gasteiger partial charge < -0.3 is 27.9 Å². The normalized spacial score (nSPS) is 13.0. The van der Waals surface area contributed by atoms with E-state index in [0.29, 0.717) is 17.4 Å². The van der Waals surface area contributed by atoms with Crippen LogP contribution in [0.5, 0.6) is 0 Å². The van der Waals surface area contributed by atoms with Gasteiger partial charge in [0.2, 0.25) is 0 Å². The van der Waals surface area contributed by atoms with E-state index in [2.05, 4.69) is 26.0 Å². The zero-order chi connectivity index (χ0) is 67.6. The first-order valence-corrected chi connectivity index (χ1v) is 43.4. The van der Waals surface area contributed by atoms with Crippen LogP contribution >= 0.6 is 7.82 Å². The molecule has 0 spiro atoms. The highest BCUT2D eigenvalue weighted by atomic mass is 31.2. The average Bonchev–Trinajstić information content (AvgIpc) is 2.30. The Kier molecular flexibility index (Phi) is 74.0. The van der Waals surface area contributed by atoms with Crippen molar-refractivity contribution in [2.75, 3.05) is 47.5 Å². The average molecular weight is 1340 g/mol. The second-order valence-corrected chi connectivity index (χ2v) is 31.6. The van der Waals surface area contributed by atoms with Crippen LogP contribution in [0.3, 0.4) is 0 Å². The number of phosphoric acid groups is 1. The number of unbranched alkanes of at least 4 members (excludes halogenated alkanes) is 64. The van der Waals surface area contributed by atoms with E-state index >= 15 is 0 Å². The first kappa shape index (κ1) is 91.8. The summed E-state index contributed by atoms with van der Waals surface area (Å²) in [6.45, 7) is 4.34. The van der Waals surface area contributed by atoms with Gasteiger partial charge in [-0.15, -0.1) is 0 Å². The number of phosphoric ester groups is 1. The van der Waals surface area contributed by atoms with Crippen molar-refractivity contribution in [1.29, 1.82) is 0 Å². The van der Waals surface area contributed by atoms with Gasteiger partial charge in [-0.05, 0) is 38.5 Å². The third-order valence-electron chi connectivity index (χ3n) is 19.5. The molecule has 0 aromatic carbocycles. The van der Waals surface area contributed by atoms with Gasteiger partial charge in [-0.25, -0.2) is 0 Å². The van der Waals surface area contributed by atoms with Crippen LogP contribution in [0.1, 0.15) is 457 Å². The third kappa shape index (κ3) is 79.6. The third-order valence-corrected chi connectivity index (χ3v) is 20.5. The number of carbonyl (C=O) groups excluding carboxylic acids is 2. The number of nitrogens with zero attached hydrogens (tertiary/aromatic N) is 1. The van der Waals surface area contributed by atoms with E-state index in [1.807, 2.05) is 21.1 Å². The molecule has 554 valence electrons. The van der Waals surface area contributed by atoms with Gasteiger partial charge >= 0.3 is 11.9 Å². The Morgan fingerprint density at radius 2 is 0.548 bits per heavy atom. The molecule has 0 fully saturated rings. The molecule has 0 aliphatic rings. The van der Waals surface area contributed by atoms with E-state index in [0.717, 1.165) is 32.1 Å². The Morgan fingerprint density at radius 3 is 0.796 bits per heavy atom. The van der Waals surface area contributed by atoms with Crippen molar-refractivity contribution < 1.29 is 42.1 Å². The summed E-state index contributed by atoms with van der Waals surface area (Å²) in [7, 11) is 1.20. The van der Waals surface area contributed by atoms with Crippen LogP contribution in [0.2, 0.25) is 0 Å². The Morgan fingerprint density at radius 1 is 0.323 bits per heavy atom.